The molecule has 406 valence electrons. The van der Waals surface area contributed by atoms with Gasteiger partial charge in [0.25, 0.3) is 0 Å². The van der Waals surface area contributed by atoms with E-state index in [1.807, 2.05) is 0 Å². The standard InChI is InChI=1S/C80H46N8/c81-47-63-73(85-67-37-17-7-27-51(67)52-28-8-18-38-68(52)85)64(48-82)79(88-72-42-22-14-34-58(72)62-46-44-60-56-32-12-16-36-66(56)84(75(60)77(62)88)50-25-5-2-6-26-50)80(86-69-39-19-9-29-53(69)54-30-10-20-40-70(54)86)78(63)87-71-41-21-13-33-57(71)61-45-43-59-55-31-11-15-35-65(55)83(74(59)76(61)87)49-23-3-1-4-24-49/h1-46H. The Balaban J connectivity index is 1.16. The van der Waals surface area contributed by atoms with Crippen LogP contribution in [0.3, 0.4) is 0 Å². The largest absolute Gasteiger partial charge is 0.307 e. The summed E-state index contributed by atoms with van der Waals surface area (Å²) < 4.78 is 14.2. The van der Waals surface area contributed by atoms with Gasteiger partial charge < -0.3 is 27.4 Å². The summed E-state index contributed by atoms with van der Waals surface area (Å²) in [5.41, 5.74) is 16.5. The van der Waals surface area contributed by atoms with E-state index in [2.05, 4.69) is 319 Å². The summed E-state index contributed by atoms with van der Waals surface area (Å²) in [6.07, 6.45) is 0. The molecule has 6 aromatic heterocycles. The molecule has 0 N–H and O–H groups in total. The number of benzene rings is 13. The number of rotatable bonds is 6. The number of hydrogen-bond donors (Lipinski definition) is 0. The normalized spacial score (nSPS) is 12.1. The summed E-state index contributed by atoms with van der Waals surface area (Å²) in [5.74, 6) is 0. The topological polar surface area (TPSA) is 77.2 Å². The molecule has 0 saturated heterocycles. The summed E-state index contributed by atoms with van der Waals surface area (Å²) in [4.78, 5) is 0. The molecular weight excluding hydrogens is 1070 g/mol. The molecule has 0 radical (unpaired) electrons. The predicted octanol–water partition coefficient (Wildman–Crippen LogP) is 20.0. The number of aromatic nitrogens is 6. The first-order valence-electron chi connectivity index (χ1n) is 29.7. The summed E-state index contributed by atoms with van der Waals surface area (Å²) in [5, 5.41) is 38.7. The van der Waals surface area contributed by atoms with Crippen LogP contribution in [-0.4, -0.2) is 27.4 Å². The Morgan fingerprint density at radius 3 is 0.682 bits per heavy atom. The van der Waals surface area contributed by atoms with E-state index >= 15 is 0 Å². The second kappa shape index (κ2) is 18.1. The van der Waals surface area contributed by atoms with Crippen molar-refractivity contribution in [3.63, 3.8) is 0 Å². The molecular formula is C80H46N8. The maximum absolute atomic E-state index is 13.1. The third-order valence-corrected chi connectivity index (χ3v) is 18.6. The molecule has 8 heteroatoms. The summed E-state index contributed by atoms with van der Waals surface area (Å²) in [6, 6.07) is 105. The minimum atomic E-state index is 0.343. The second-order valence-electron chi connectivity index (χ2n) is 22.9. The zero-order valence-electron chi connectivity index (χ0n) is 47.1. The highest BCUT2D eigenvalue weighted by atomic mass is 15.1. The summed E-state index contributed by atoms with van der Waals surface area (Å²) in [6.45, 7) is 0. The Morgan fingerprint density at radius 2 is 0.398 bits per heavy atom. The van der Waals surface area contributed by atoms with Gasteiger partial charge in [0.1, 0.15) is 23.3 Å². The van der Waals surface area contributed by atoms with Gasteiger partial charge in [-0.1, -0.05) is 206 Å². The Kier molecular flexibility index (Phi) is 9.87. The Bertz CT molecular complexity index is 5950. The second-order valence-corrected chi connectivity index (χ2v) is 22.9. The third kappa shape index (κ3) is 6.24. The molecule has 0 spiro atoms. The van der Waals surface area contributed by atoms with Gasteiger partial charge >= 0.3 is 0 Å². The lowest BCUT2D eigenvalue weighted by Gasteiger charge is -2.27. The van der Waals surface area contributed by atoms with E-state index < -0.39 is 0 Å². The lowest BCUT2D eigenvalue weighted by Crippen LogP contribution is -2.17. The predicted molar refractivity (Wildman–Crippen MR) is 362 cm³/mol. The monoisotopic (exact) mass is 1120 g/mol. The molecule has 0 bridgehead atoms. The first kappa shape index (κ1) is 48.1. The van der Waals surface area contributed by atoms with Crippen molar-refractivity contribution in [2.45, 2.75) is 0 Å². The molecule has 0 aliphatic carbocycles. The van der Waals surface area contributed by atoms with Crippen molar-refractivity contribution in [3.8, 4) is 46.3 Å². The van der Waals surface area contributed by atoms with Crippen molar-refractivity contribution in [1.29, 1.82) is 10.5 Å². The van der Waals surface area contributed by atoms with Crippen LogP contribution in [0.4, 0.5) is 0 Å². The van der Waals surface area contributed by atoms with Gasteiger partial charge in [0.05, 0.1) is 88.9 Å². The SMILES string of the molecule is N#Cc1c(-n2c3ccccc3c3ccccc32)c(C#N)c(-n2c3ccccc3c3ccc4c5ccccc5n(-c5ccccc5)c4c32)c(-n2c3ccccc3c3ccccc32)c1-n1c2ccccc2c2ccc3c4ccccc4n(-c4ccccc4)c3c21. The van der Waals surface area contributed by atoms with Crippen molar-refractivity contribution in [2.75, 3.05) is 0 Å². The molecule has 6 heterocycles. The zero-order chi connectivity index (χ0) is 57.9. The smallest absolute Gasteiger partial charge is 0.104 e. The number of nitriles is 2. The van der Waals surface area contributed by atoms with Crippen molar-refractivity contribution < 1.29 is 0 Å². The number of nitrogens with zero attached hydrogens (tertiary/aromatic N) is 8. The molecule has 13 aromatic carbocycles. The van der Waals surface area contributed by atoms with Crippen LogP contribution in [0, 0.1) is 22.7 Å². The highest BCUT2D eigenvalue weighted by molar-refractivity contribution is 6.27. The van der Waals surface area contributed by atoms with Gasteiger partial charge in [-0.2, -0.15) is 10.5 Å². The Labute approximate surface area is 502 Å². The van der Waals surface area contributed by atoms with Gasteiger partial charge in [0, 0.05) is 76.0 Å². The average molecular weight is 1120 g/mol. The molecule has 0 atom stereocenters. The molecule has 8 nitrogen and oxygen atoms in total. The first-order valence-corrected chi connectivity index (χ1v) is 29.7. The minimum Gasteiger partial charge on any atom is -0.307 e. The zero-order valence-corrected chi connectivity index (χ0v) is 47.1. The van der Waals surface area contributed by atoms with Crippen LogP contribution in [0.1, 0.15) is 11.1 Å². The van der Waals surface area contributed by atoms with E-state index in [-0.39, 0.29) is 0 Å². The Morgan fingerprint density at radius 1 is 0.182 bits per heavy atom. The molecule has 0 unspecified atom stereocenters. The van der Waals surface area contributed by atoms with E-state index in [1.165, 1.54) is 0 Å². The van der Waals surface area contributed by atoms with Gasteiger partial charge in [0.15, 0.2) is 0 Å². The van der Waals surface area contributed by atoms with Gasteiger partial charge in [0.2, 0.25) is 0 Å². The summed E-state index contributed by atoms with van der Waals surface area (Å²) >= 11 is 0. The van der Waals surface area contributed by atoms with Crippen LogP contribution < -0.4 is 0 Å². The van der Waals surface area contributed by atoms with Crippen LogP contribution in [0.2, 0.25) is 0 Å². The molecule has 0 amide bonds. The van der Waals surface area contributed by atoms with E-state index in [4.69, 9.17) is 0 Å². The fourth-order valence-corrected chi connectivity index (χ4v) is 15.3. The number of para-hydroxylation sites is 10. The van der Waals surface area contributed by atoms with E-state index in [9.17, 15) is 10.5 Å². The van der Waals surface area contributed by atoms with Crippen LogP contribution in [0.15, 0.2) is 279 Å². The number of hydrogen-bond acceptors (Lipinski definition) is 2. The Hall–Kier alpha value is -12.4. The number of fused-ring (bicyclic) bond motifs is 20. The minimum absolute atomic E-state index is 0.343. The van der Waals surface area contributed by atoms with Gasteiger partial charge in [-0.25, -0.2) is 0 Å². The first-order chi connectivity index (χ1) is 43.7. The van der Waals surface area contributed by atoms with Gasteiger partial charge in [-0.3, -0.25) is 0 Å². The van der Waals surface area contributed by atoms with Gasteiger partial charge in [-0.15, -0.1) is 0 Å². The van der Waals surface area contributed by atoms with Crippen LogP contribution in [-0.2, 0) is 0 Å². The third-order valence-electron chi connectivity index (χ3n) is 18.6. The maximum Gasteiger partial charge on any atom is 0.104 e. The van der Waals surface area contributed by atoms with Crippen LogP contribution in [0.25, 0.3) is 165 Å². The lowest BCUT2D eigenvalue weighted by atomic mass is 9.98. The van der Waals surface area contributed by atoms with Crippen molar-refractivity contribution in [2.24, 2.45) is 0 Å². The highest BCUT2D eigenvalue weighted by Crippen LogP contribution is 2.52. The van der Waals surface area contributed by atoms with Crippen molar-refractivity contribution >= 4 is 131 Å². The molecule has 19 aromatic rings. The molecule has 0 saturated carbocycles. The molecule has 0 aliphatic heterocycles. The van der Waals surface area contributed by atoms with Crippen molar-refractivity contribution in [1.82, 2.24) is 27.4 Å². The maximum atomic E-state index is 13.1. The molecule has 88 heavy (non-hydrogen) atoms. The molecule has 19 rings (SSSR count). The molecule has 0 aliphatic rings. The quantitative estimate of drug-likeness (QED) is 0.166. The van der Waals surface area contributed by atoms with E-state index in [1.54, 1.807) is 0 Å². The van der Waals surface area contributed by atoms with Crippen molar-refractivity contribution in [3.05, 3.63) is 290 Å². The van der Waals surface area contributed by atoms with Crippen LogP contribution >= 0.6 is 0 Å². The fraction of sp³-hybridized carbons (Fsp3) is 0. The highest BCUT2D eigenvalue weighted by Gasteiger charge is 2.36. The molecule has 0 fully saturated rings. The summed E-state index contributed by atoms with van der Waals surface area (Å²) in [7, 11) is 0. The average Bonchev–Trinajstić information content (AvgIpc) is 1.50. The van der Waals surface area contributed by atoms with E-state index in [0.29, 0.717) is 33.9 Å². The fourth-order valence-electron chi connectivity index (χ4n) is 15.3. The lowest BCUT2D eigenvalue weighted by molar-refractivity contribution is 1.02. The van der Waals surface area contributed by atoms with Gasteiger partial charge in [-0.05, 0) is 72.8 Å². The van der Waals surface area contributed by atoms with E-state index in [0.717, 1.165) is 142 Å². The van der Waals surface area contributed by atoms with Crippen LogP contribution in [0.5, 0.6) is 0 Å².